The van der Waals surface area contributed by atoms with Gasteiger partial charge < -0.3 is 15.4 Å². The quantitative estimate of drug-likeness (QED) is 0.820. The Morgan fingerprint density at radius 3 is 2.48 bits per heavy atom. The molecule has 5 heteroatoms. The first-order chi connectivity index (χ1) is 11.0. The molecule has 2 N–H and O–H groups in total. The van der Waals surface area contributed by atoms with Gasteiger partial charge in [0.2, 0.25) is 0 Å². The van der Waals surface area contributed by atoms with Crippen LogP contribution in [0.25, 0.3) is 0 Å². The number of aryl methyl sites for hydroxylation is 1. The van der Waals surface area contributed by atoms with Gasteiger partial charge in [0.1, 0.15) is 0 Å². The minimum Gasteiger partial charge on any atom is -0.459 e. The lowest BCUT2D eigenvalue weighted by Crippen LogP contribution is -2.45. The van der Waals surface area contributed by atoms with Crippen molar-refractivity contribution in [1.82, 2.24) is 10.6 Å². The molecule has 1 aliphatic heterocycles. The molecule has 2 amide bonds. The average Bonchev–Trinajstić information content (AvgIpc) is 2.53. The fraction of sp³-hybridized carbons (Fsp3) is 0.444. The summed E-state index contributed by atoms with van der Waals surface area (Å²) in [6, 6.07) is 7.10. The first kappa shape index (κ1) is 17.1. The van der Waals surface area contributed by atoms with E-state index in [0.29, 0.717) is 11.3 Å². The van der Waals surface area contributed by atoms with Crippen LogP contribution in [0.4, 0.5) is 4.79 Å². The highest BCUT2D eigenvalue weighted by molar-refractivity contribution is 5.95. The van der Waals surface area contributed by atoms with Crippen LogP contribution in [-0.4, -0.2) is 18.1 Å². The van der Waals surface area contributed by atoms with E-state index in [4.69, 9.17) is 4.74 Å². The predicted molar refractivity (Wildman–Crippen MR) is 88.8 cm³/mol. The first-order valence-corrected chi connectivity index (χ1v) is 8.04. The molecule has 0 aromatic heterocycles. The monoisotopic (exact) mass is 316 g/mol. The second kappa shape index (κ2) is 7.31. The van der Waals surface area contributed by atoms with Gasteiger partial charge in [-0.3, -0.25) is 0 Å². The van der Waals surface area contributed by atoms with E-state index in [1.54, 1.807) is 6.92 Å². The van der Waals surface area contributed by atoms with Crippen molar-refractivity contribution >= 4 is 12.0 Å². The Kier molecular flexibility index (Phi) is 5.42. The standard InChI is InChI=1S/C18H24N2O3/c1-5-11(3)23-17(21)15-12(4)19-18(22)20-16(15)14-9-7-13(6-2)8-10-14/h7-11,16H,5-6H2,1-4H3,(H2,19,20,22)/t11-,16+/m0/s1. The molecule has 0 saturated heterocycles. The first-order valence-electron chi connectivity index (χ1n) is 8.04. The Labute approximate surface area is 137 Å². The molecule has 1 heterocycles. The van der Waals surface area contributed by atoms with Gasteiger partial charge in [0.25, 0.3) is 0 Å². The number of hydrogen-bond acceptors (Lipinski definition) is 3. The second-order valence-electron chi connectivity index (χ2n) is 5.79. The van der Waals surface area contributed by atoms with Crippen molar-refractivity contribution in [1.29, 1.82) is 0 Å². The third-order valence-corrected chi connectivity index (χ3v) is 4.09. The van der Waals surface area contributed by atoms with E-state index in [1.165, 1.54) is 5.56 Å². The SMILES string of the molecule is CCc1ccc([C@H]2NC(=O)NC(C)=C2C(=O)O[C@@H](C)CC)cc1. The van der Waals surface area contributed by atoms with Gasteiger partial charge >= 0.3 is 12.0 Å². The predicted octanol–water partition coefficient (Wildman–Crippen LogP) is 3.22. The molecular formula is C18H24N2O3. The number of carbonyl (C=O) groups excluding carboxylic acids is 2. The number of hydrogen-bond donors (Lipinski definition) is 2. The third-order valence-electron chi connectivity index (χ3n) is 4.09. The lowest BCUT2D eigenvalue weighted by atomic mass is 9.94. The van der Waals surface area contributed by atoms with E-state index in [-0.39, 0.29) is 12.1 Å². The topological polar surface area (TPSA) is 67.4 Å². The number of amides is 2. The van der Waals surface area contributed by atoms with Gasteiger partial charge in [-0.2, -0.15) is 0 Å². The molecule has 2 atom stereocenters. The maximum atomic E-state index is 12.5. The molecule has 0 aliphatic carbocycles. The Morgan fingerprint density at radius 2 is 1.91 bits per heavy atom. The van der Waals surface area contributed by atoms with E-state index in [2.05, 4.69) is 17.6 Å². The summed E-state index contributed by atoms with van der Waals surface area (Å²) in [7, 11) is 0. The van der Waals surface area contributed by atoms with Crippen molar-refractivity contribution < 1.29 is 14.3 Å². The van der Waals surface area contributed by atoms with Gasteiger partial charge in [-0.05, 0) is 37.8 Å². The molecule has 124 valence electrons. The van der Waals surface area contributed by atoms with Crippen LogP contribution >= 0.6 is 0 Å². The molecule has 23 heavy (non-hydrogen) atoms. The molecule has 1 aromatic carbocycles. The maximum absolute atomic E-state index is 12.5. The molecule has 0 fully saturated rings. The zero-order valence-corrected chi connectivity index (χ0v) is 14.1. The molecule has 0 spiro atoms. The third kappa shape index (κ3) is 3.92. The number of allylic oxidation sites excluding steroid dienone is 1. The number of esters is 1. The van der Waals surface area contributed by atoms with Crippen LogP contribution in [0.3, 0.4) is 0 Å². The van der Waals surface area contributed by atoms with Gasteiger partial charge in [0.15, 0.2) is 0 Å². The molecule has 2 rings (SSSR count). The number of nitrogens with one attached hydrogen (secondary N) is 2. The van der Waals surface area contributed by atoms with Crippen LogP contribution in [0.15, 0.2) is 35.5 Å². The minimum atomic E-state index is -0.494. The Hall–Kier alpha value is -2.30. The van der Waals surface area contributed by atoms with Gasteiger partial charge in [0, 0.05) is 5.70 Å². The van der Waals surface area contributed by atoms with Crippen molar-refractivity contribution in [3.05, 3.63) is 46.7 Å². The molecule has 1 aliphatic rings. The van der Waals surface area contributed by atoms with Crippen molar-refractivity contribution in [3.63, 3.8) is 0 Å². The number of ether oxygens (including phenoxy) is 1. The maximum Gasteiger partial charge on any atom is 0.338 e. The van der Waals surface area contributed by atoms with Gasteiger partial charge in [-0.15, -0.1) is 0 Å². The summed E-state index contributed by atoms with van der Waals surface area (Å²) in [4.78, 5) is 24.3. The van der Waals surface area contributed by atoms with Crippen LogP contribution in [0.1, 0.15) is 51.3 Å². The smallest absolute Gasteiger partial charge is 0.338 e. The summed E-state index contributed by atoms with van der Waals surface area (Å²) in [5, 5.41) is 5.47. The summed E-state index contributed by atoms with van der Waals surface area (Å²) in [6.45, 7) is 7.62. The van der Waals surface area contributed by atoms with E-state index in [1.807, 2.05) is 38.1 Å². The van der Waals surface area contributed by atoms with E-state index in [9.17, 15) is 9.59 Å². The average molecular weight is 316 g/mol. The lowest BCUT2D eigenvalue weighted by Gasteiger charge is -2.29. The Bertz CT molecular complexity index is 620. The molecule has 0 radical (unpaired) electrons. The van der Waals surface area contributed by atoms with Crippen LogP contribution < -0.4 is 10.6 Å². The fourth-order valence-electron chi connectivity index (χ4n) is 2.49. The van der Waals surface area contributed by atoms with Gasteiger partial charge in [0.05, 0.1) is 17.7 Å². The van der Waals surface area contributed by atoms with E-state index in [0.717, 1.165) is 18.4 Å². The molecule has 5 nitrogen and oxygen atoms in total. The zero-order chi connectivity index (χ0) is 17.0. The van der Waals surface area contributed by atoms with Crippen LogP contribution in [0.5, 0.6) is 0 Å². The normalized spacial score (nSPS) is 19.0. The van der Waals surface area contributed by atoms with Gasteiger partial charge in [-0.1, -0.05) is 38.1 Å². The van der Waals surface area contributed by atoms with Crippen LogP contribution in [0.2, 0.25) is 0 Å². The molecule has 0 unspecified atom stereocenters. The summed E-state index contributed by atoms with van der Waals surface area (Å²) in [5.41, 5.74) is 3.06. The highest BCUT2D eigenvalue weighted by Crippen LogP contribution is 2.28. The van der Waals surface area contributed by atoms with Crippen molar-refractivity contribution in [3.8, 4) is 0 Å². The summed E-state index contributed by atoms with van der Waals surface area (Å²) < 4.78 is 5.45. The fourth-order valence-corrected chi connectivity index (χ4v) is 2.49. The Balaban J connectivity index is 2.35. The highest BCUT2D eigenvalue weighted by atomic mass is 16.5. The number of carbonyl (C=O) groups is 2. The van der Waals surface area contributed by atoms with Gasteiger partial charge in [-0.25, -0.2) is 9.59 Å². The van der Waals surface area contributed by atoms with Crippen LogP contribution in [0, 0.1) is 0 Å². The number of urea groups is 1. The van der Waals surface area contributed by atoms with E-state index >= 15 is 0 Å². The molecular weight excluding hydrogens is 292 g/mol. The van der Waals surface area contributed by atoms with Crippen molar-refractivity contribution in [2.24, 2.45) is 0 Å². The number of rotatable bonds is 5. The Morgan fingerprint density at radius 1 is 1.26 bits per heavy atom. The summed E-state index contributed by atoms with van der Waals surface area (Å²) in [5.74, 6) is -0.395. The van der Waals surface area contributed by atoms with E-state index < -0.39 is 12.0 Å². The molecule has 0 bridgehead atoms. The minimum absolute atomic E-state index is 0.163. The molecule has 0 saturated carbocycles. The van der Waals surface area contributed by atoms with Crippen molar-refractivity contribution in [2.75, 3.05) is 0 Å². The van der Waals surface area contributed by atoms with Crippen molar-refractivity contribution in [2.45, 2.75) is 52.7 Å². The summed E-state index contributed by atoms with van der Waals surface area (Å²) >= 11 is 0. The lowest BCUT2D eigenvalue weighted by molar-refractivity contribution is -0.144. The highest BCUT2D eigenvalue weighted by Gasteiger charge is 2.32. The number of benzene rings is 1. The second-order valence-corrected chi connectivity index (χ2v) is 5.79. The van der Waals surface area contributed by atoms with Crippen LogP contribution in [-0.2, 0) is 16.0 Å². The summed E-state index contributed by atoms with van der Waals surface area (Å²) in [6.07, 6.45) is 1.52. The zero-order valence-electron chi connectivity index (χ0n) is 14.1. The molecule has 1 aromatic rings. The largest absolute Gasteiger partial charge is 0.459 e.